The molecule has 0 heterocycles. The molecule has 94 valence electrons. The minimum Gasteiger partial charge on any atom is -0.398 e. The minimum atomic E-state index is 0.0247. The maximum Gasteiger partial charge on any atom is 0.253 e. The van der Waals surface area contributed by atoms with Crippen LogP contribution < -0.4 is 5.73 Å². The number of nitrogen functional groups attached to an aromatic ring is 1. The first-order chi connectivity index (χ1) is 7.93. The first-order valence-corrected chi connectivity index (χ1v) is 5.68. The quantitative estimate of drug-likeness (QED) is 0.798. The Hall–Kier alpha value is -1.55. The summed E-state index contributed by atoms with van der Waals surface area (Å²) in [7, 11) is 5.79. The van der Waals surface area contributed by atoms with Crippen LogP contribution in [0.3, 0.4) is 0 Å². The van der Waals surface area contributed by atoms with Crippen LogP contribution in [0.15, 0.2) is 18.2 Å². The second-order valence-electron chi connectivity index (χ2n) is 4.55. The molecule has 0 atom stereocenters. The van der Waals surface area contributed by atoms with Gasteiger partial charge < -0.3 is 15.5 Å². The van der Waals surface area contributed by atoms with Gasteiger partial charge in [-0.05, 0) is 38.7 Å². The van der Waals surface area contributed by atoms with Crippen molar-refractivity contribution in [3.63, 3.8) is 0 Å². The SMILES string of the molecule is Cc1c(N)cccc1C(=O)N(C)CCN(C)C. The van der Waals surface area contributed by atoms with Crippen LogP contribution in [-0.4, -0.2) is 49.9 Å². The standard InChI is InChI=1S/C13H21N3O/c1-10-11(6-5-7-12(10)14)13(17)16(4)9-8-15(2)3/h5-7H,8-9,14H2,1-4H3. The van der Waals surface area contributed by atoms with Crippen LogP contribution in [0.2, 0.25) is 0 Å². The van der Waals surface area contributed by atoms with Gasteiger partial charge >= 0.3 is 0 Å². The zero-order chi connectivity index (χ0) is 13.0. The smallest absolute Gasteiger partial charge is 0.253 e. The molecule has 0 fully saturated rings. The number of likely N-dealkylation sites (N-methyl/N-ethyl adjacent to an activating group) is 2. The van der Waals surface area contributed by atoms with Gasteiger partial charge in [-0.2, -0.15) is 0 Å². The molecule has 1 amide bonds. The molecule has 0 aromatic heterocycles. The third-order valence-corrected chi connectivity index (χ3v) is 2.84. The summed E-state index contributed by atoms with van der Waals surface area (Å²) < 4.78 is 0. The van der Waals surface area contributed by atoms with E-state index in [9.17, 15) is 4.79 Å². The fourth-order valence-electron chi connectivity index (χ4n) is 1.54. The molecule has 1 rings (SSSR count). The van der Waals surface area contributed by atoms with E-state index in [0.29, 0.717) is 17.8 Å². The van der Waals surface area contributed by atoms with Gasteiger partial charge in [0.05, 0.1) is 0 Å². The van der Waals surface area contributed by atoms with E-state index in [1.165, 1.54) is 0 Å². The van der Waals surface area contributed by atoms with Gasteiger partial charge in [0, 0.05) is 31.4 Å². The van der Waals surface area contributed by atoms with Gasteiger partial charge in [-0.3, -0.25) is 4.79 Å². The Bertz CT molecular complexity index is 402. The topological polar surface area (TPSA) is 49.6 Å². The van der Waals surface area contributed by atoms with Crippen LogP contribution in [0.1, 0.15) is 15.9 Å². The summed E-state index contributed by atoms with van der Waals surface area (Å²) in [5.41, 5.74) is 8.01. The van der Waals surface area contributed by atoms with E-state index >= 15 is 0 Å². The van der Waals surface area contributed by atoms with Crippen molar-refractivity contribution in [2.75, 3.05) is 40.0 Å². The van der Waals surface area contributed by atoms with E-state index in [1.54, 1.807) is 4.90 Å². The van der Waals surface area contributed by atoms with Gasteiger partial charge in [0.15, 0.2) is 0 Å². The molecule has 2 N–H and O–H groups in total. The van der Waals surface area contributed by atoms with Gasteiger partial charge in [0.25, 0.3) is 5.91 Å². The molecule has 4 nitrogen and oxygen atoms in total. The Morgan fingerprint density at radius 3 is 2.47 bits per heavy atom. The Balaban J connectivity index is 2.78. The molecular formula is C13H21N3O. The highest BCUT2D eigenvalue weighted by atomic mass is 16.2. The van der Waals surface area contributed by atoms with Crippen molar-refractivity contribution in [3.8, 4) is 0 Å². The average molecular weight is 235 g/mol. The molecule has 1 aromatic carbocycles. The number of rotatable bonds is 4. The molecule has 0 aliphatic heterocycles. The largest absolute Gasteiger partial charge is 0.398 e. The van der Waals surface area contributed by atoms with Crippen molar-refractivity contribution in [1.82, 2.24) is 9.80 Å². The summed E-state index contributed by atoms with van der Waals surface area (Å²) in [5, 5.41) is 0. The van der Waals surface area contributed by atoms with Gasteiger partial charge in [-0.25, -0.2) is 0 Å². The molecule has 0 aliphatic carbocycles. The lowest BCUT2D eigenvalue weighted by atomic mass is 10.1. The molecule has 0 radical (unpaired) electrons. The zero-order valence-corrected chi connectivity index (χ0v) is 11.0. The summed E-state index contributed by atoms with van der Waals surface area (Å²) in [6, 6.07) is 5.45. The highest BCUT2D eigenvalue weighted by molar-refractivity contribution is 5.96. The number of carbonyl (C=O) groups is 1. The van der Waals surface area contributed by atoms with E-state index in [2.05, 4.69) is 4.90 Å². The van der Waals surface area contributed by atoms with Crippen molar-refractivity contribution in [2.45, 2.75) is 6.92 Å². The normalized spacial score (nSPS) is 10.6. The fourth-order valence-corrected chi connectivity index (χ4v) is 1.54. The third kappa shape index (κ3) is 3.46. The van der Waals surface area contributed by atoms with Crippen molar-refractivity contribution in [1.29, 1.82) is 0 Å². The fraction of sp³-hybridized carbons (Fsp3) is 0.462. The third-order valence-electron chi connectivity index (χ3n) is 2.84. The van der Waals surface area contributed by atoms with E-state index < -0.39 is 0 Å². The van der Waals surface area contributed by atoms with Crippen molar-refractivity contribution < 1.29 is 4.79 Å². The molecule has 17 heavy (non-hydrogen) atoms. The maximum absolute atomic E-state index is 12.2. The average Bonchev–Trinajstić information content (AvgIpc) is 2.28. The summed E-state index contributed by atoms with van der Waals surface area (Å²) >= 11 is 0. The number of anilines is 1. The first-order valence-electron chi connectivity index (χ1n) is 5.68. The molecular weight excluding hydrogens is 214 g/mol. The zero-order valence-electron chi connectivity index (χ0n) is 11.0. The van der Waals surface area contributed by atoms with E-state index in [0.717, 1.165) is 12.1 Å². The second-order valence-corrected chi connectivity index (χ2v) is 4.55. The van der Waals surface area contributed by atoms with Crippen LogP contribution in [-0.2, 0) is 0 Å². The van der Waals surface area contributed by atoms with Crippen LogP contribution in [0, 0.1) is 6.92 Å². The Morgan fingerprint density at radius 2 is 1.88 bits per heavy atom. The van der Waals surface area contributed by atoms with Gasteiger partial charge in [-0.1, -0.05) is 6.07 Å². The molecule has 0 unspecified atom stereocenters. The second kappa shape index (κ2) is 5.68. The summed E-state index contributed by atoms with van der Waals surface area (Å²) in [5.74, 6) is 0.0247. The molecule has 0 saturated carbocycles. The van der Waals surface area contributed by atoms with Crippen LogP contribution in [0.5, 0.6) is 0 Å². The lowest BCUT2D eigenvalue weighted by Gasteiger charge is -2.20. The van der Waals surface area contributed by atoms with Gasteiger partial charge in [0.1, 0.15) is 0 Å². The monoisotopic (exact) mass is 235 g/mol. The van der Waals surface area contributed by atoms with Crippen LogP contribution >= 0.6 is 0 Å². The van der Waals surface area contributed by atoms with Crippen molar-refractivity contribution in [2.24, 2.45) is 0 Å². The lowest BCUT2D eigenvalue weighted by molar-refractivity contribution is 0.0785. The lowest BCUT2D eigenvalue weighted by Crippen LogP contribution is -2.33. The van der Waals surface area contributed by atoms with E-state index in [1.807, 2.05) is 46.3 Å². The highest BCUT2D eigenvalue weighted by Gasteiger charge is 2.14. The summed E-state index contributed by atoms with van der Waals surface area (Å²) in [4.78, 5) is 16.0. The summed E-state index contributed by atoms with van der Waals surface area (Å²) in [6.07, 6.45) is 0. The predicted octanol–water partition coefficient (Wildman–Crippen LogP) is 1.21. The van der Waals surface area contributed by atoms with Gasteiger partial charge in [0.2, 0.25) is 0 Å². The number of hydrogen-bond acceptors (Lipinski definition) is 3. The summed E-state index contributed by atoms with van der Waals surface area (Å²) in [6.45, 7) is 3.44. The Labute approximate surface area is 103 Å². The number of hydrogen-bond donors (Lipinski definition) is 1. The molecule has 4 heteroatoms. The van der Waals surface area contributed by atoms with Crippen molar-refractivity contribution in [3.05, 3.63) is 29.3 Å². The molecule has 0 bridgehead atoms. The first kappa shape index (κ1) is 13.5. The predicted molar refractivity (Wildman–Crippen MR) is 71.1 cm³/mol. The number of carbonyl (C=O) groups excluding carboxylic acids is 1. The molecule has 0 saturated heterocycles. The molecule has 0 spiro atoms. The minimum absolute atomic E-state index is 0.0247. The Kier molecular flexibility index (Phi) is 4.52. The van der Waals surface area contributed by atoms with E-state index in [4.69, 9.17) is 5.73 Å². The van der Waals surface area contributed by atoms with E-state index in [-0.39, 0.29) is 5.91 Å². The number of nitrogens with zero attached hydrogens (tertiary/aromatic N) is 2. The van der Waals surface area contributed by atoms with Crippen LogP contribution in [0.25, 0.3) is 0 Å². The van der Waals surface area contributed by atoms with Crippen molar-refractivity contribution >= 4 is 11.6 Å². The van der Waals surface area contributed by atoms with Gasteiger partial charge in [-0.15, -0.1) is 0 Å². The highest BCUT2D eigenvalue weighted by Crippen LogP contribution is 2.16. The van der Waals surface area contributed by atoms with Crippen LogP contribution in [0.4, 0.5) is 5.69 Å². The Morgan fingerprint density at radius 1 is 1.24 bits per heavy atom. The number of amides is 1. The number of benzene rings is 1. The molecule has 0 aliphatic rings. The number of nitrogens with two attached hydrogens (primary N) is 1. The molecule has 1 aromatic rings. The maximum atomic E-state index is 12.2.